The van der Waals surface area contributed by atoms with E-state index in [1.807, 2.05) is 20.0 Å². The second kappa shape index (κ2) is 6.34. The number of aryl methyl sites for hydroxylation is 1. The largest absolute Gasteiger partial charge is 0.342 e. The Bertz CT molecular complexity index is 360. The summed E-state index contributed by atoms with van der Waals surface area (Å²) in [6.45, 7) is 4.84. The van der Waals surface area contributed by atoms with Gasteiger partial charge in [-0.2, -0.15) is 0 Å². The zero-order chi connectivity index (χ0) is 12.8. The maximum atomic E-state index is 11.8. The first-order valence-corrected chi connectivity index (χ1v) is 5.89. The van der Waals surface area contributed by atoms with Crippen molar-refractivity contribution in [2.45, 2.75) is 39.3 Å². The molecule has 1 rings (SSSR count). The molecule has 2 N–H and O–H groups in total. The number of carbonyl (C=O) groups excluding carboxylic acids is 1. The number of carbonyl (C=O) groups is 1. The van der Waals surface area contributed by atoms with Gasteiger partial charge in [0.2, 0.25) is 5.91 Å². The van der Waals surface area contributed by atoms with Gasteiger partial charge in [-0.25, -0.2) is 4.68 Å². The molecule has 0 aliphatic heterocycles. The number of likely N-dealkylation sites (N-methyl/N-ethyl adjacent to an activating group) is 1. The van der Waals surface area contributed by atoms with Crippen molar-refractivity contribution in [1.29, 1.82) is 0 Å². The Balaban J connectivity index is 2.51. The Morgan fingerprint density at radius 1 is 1.59 bits per heavy atom. The summed E-state index contributed by atoms with van der Waals surface area (Å²) < 4.78 is 1.58. The Morgan fingerprint density at radius 3 is 2.88 bits per heavy atom. The molecule has 1 aromatic rings. The van der Waals surface area contributed by atoms with Gasteiger partial charge in [-0.05, 0) is 33.2 Å². The Kier molecular flexibility index (Phi) is 5.09. The van der Waals surface area contributed by atoms with Gasteiger partial charge in [-0.15, -0.1) is 5.10 Å². The second-order valence-corrected chi connectivity index (χ2v) is 4.40. The molecular weight excluding hydrogens is 218 g/mol. The molecule has 0 aliphatic carbocycles. The summed E-state index contributed by atoms with van der Waals surface area (Å²) >= 11 is 0. The lowest BCUT2D eigenvalue weighted by atomic mass is 10.2. The zero-order valence-electron chi connectivity index (χ0n) is 10.8. The average molecular weight is 239 g/mol. The molecular formula is C11H21N5O. The maximum Gasteiger partial charge on any atom is 0.244 e. The third-order valence-corrected chi connectivity index (χ3v) is 2.69. The molecule has 0 fully saturated rings. The lowest BCUT2D eigenvalue weighted by Gasteiger charge is -2.20. The summed E-state index contributed by atoms with van der Waals surface area (Å²) in [4.78, 5) is 13.5. The van der Waals surface area contributed by atoms with E-state index in [4.69, 9.17) is 5.73 Å². The first-order chi connectivity index (χ1) is 8.04. The standard InChI is InChI=1S/C11H21N5O/c1-9(2)15(3)11(17)8-16-7-10(13-14-16)5-4-6-12/h7,9H,4-6,8,12H2,1-3H3. The van der Waals surface area contributed by atoms with E-state index in [1.54, 1.807) is 16.6 Å². The van der Waals surface area contributed by atoms with Crippen LogP contribution in [0.25, 0.3) is 0 Å². The summed E-state index contributed by atoms with van der Waals surface area (Å²) in [5, 5.41) is 7.93. The van der Waals surface area contributed by atoms with Gasteiger partial charge in [-0.3, -0.25) is 4.79 Å². The predicted molar refractivity (Wildman–Crippen MR) is 65.3 cm³/mol. The van der Waals surface area contributed by atoms with Crippen LogP contribution in [0, 0.1) is 0 Å². The fraction of sp³-hybridized carbons (Fsp3) is 0.727. The van der Waals surface area contributed by atoms with Crippen LogP contribution in [0.2, 0.25) is 0 Å². The summed E-state index contributed by atoms with van der Waals surface area (Å²) in [5.74, 6) is 0.0373. The van der Waals surface area contributed by atoms with Crippen LogP contribution in [-0.2, 0) is 17.8 Å². The van der Waals surface area contributed by atoms with Gasteiger partial charge in [0.25, 0.3) is 0 Å². The SMILES string of the molecule is CC(C)N(C)C(=O)Cn1cc(CCCN)nn1. The van der Waals surface area contributed by atoms with E-state index in [0.29, 0.717) is 6.54 Å². The molecule has 0 radical (unpaired) electrons. The number of hydrogen-bond acceptors (Lipinski definition) is 4. The third-order valence-electron chi connectivity index (χ3n) is 2.69. The van der Waals surface area contributed by atoms with E-state index in [1.165, 1.54) is 0 Å². The highest BCUT2D eigenvalue weighted by Crippen LogP contribution is 2.00. The smallest absolute Gasteiger partial charge is 0.244 e. The van der Waals surface area contributed by atoms with Crippen molar-refractivity contribution in [3.8, 4) is 0 Å². The monoisotopic (exact) mass is 239 g/mol. The van der Waals surface area contributed by atoms with E-state index in [2.05, 4.69) is 10.3 Å². The topological polar surface area (TPSA) is 77.0 Å². The molecule has 6 nitrogen and oxygen atoms in total. The minimum Gasteiger partial charge on any atom is -0.342 e. The van der Waals surface area contributed by atoms with Crippen LogP contribution in [0.4, 0.5) is 0 Å². The highest BCUT2D eigenvalue weighted by atomic mass is 16.2. The second-order valence-electron chi connectivity index (χ2n) is 4.40. The van der Waals surface area contributed by atoms with Gasteiger partial charge in [0, 0.05) is 19.3 Å². The van der Waals surface area contributed by atoms with Crippen LogP contribution in [0.15, 0.2) is 6.20 Å². The maximum absolute atomic E-state index is 11.8. The molecule has 96 valence electrons. The van der Waals surface area contributed by atoms with Crippen molar-refractivity contribution in [3.05, 3.63) is 11.9 Å². The summed E-state index contributed by atoms with van der Waals surface area (Å²) in [5.41, 5.74) is 6.31. The average Bonchev–Trinajstić information content (AvgIpc) is 2.72. The molecule has 0 saturated carbocycles. The first kappa shape index (κ1) is 13.6. The Morgan fingerprint density at radius 2 is 2.29 bits per heavy atom. The summed E-state index contributed by atoms with van der Waals surface area (Å²) in [6.07, 6.45) is 3.50. The van der Waals surface area contributed by atoms with E-state index in [9.17, 15) is 4.79 Å². The van der Waals surface area contributed by atoms with Crippen molar-refractivity contribution < 1.29 is 4.79 Å². The molecule has 1 aromatic heterocycles. The molecule has 0 aliphatic rings. The van der Waals surface area contributed by atoms with Crippen molar-refractivity contribution in [1.82, 2.24) is 19.9 Å². The molecule has 0 bridgehead atoms. The lowest BCUT2D eigenvalue weighted by molar-refractivity contribution is -0.132. The molecule has 6 heteroatoms. The summed E-state index contributed by atoms with van der Waals surface area (Å²) in [6, 6.07) is 0.197. The number of nitrogens with zero attached hydrogens (tertiary/aromatic N) is 4. The van der Waals surface area contributed by atoms with Crippen LogP contribution >= 0.6 is 0 Å². The fourth-order valence-electron chi connectivity index (χ4n) is 1.35. The highest BCUT2D eigenvalue weighted by Gasteiger charge is 2.13. The van der Waals surface area contributed by atoms with Gasteiger partial charge in [0.15, 0.2) is 0 Å². The third kappa shape index (κ3) is 4.14. The summed E-state index contributed by atoms with van der Waals surface area (Å²) in [7, 11) is 1.79. The minimum absolute atomic E-state index is 0.0373. The predicted octanol–water partition coefficient (Wildman–Crippen LogP) is 0.0362. The normalized spacial score (nSPS) is 10.9. The van der Waals surface area contributed by atoms with Crippen molar-refractivity contribution >= 4 is 5.91 Å². The van der Waals surface area contributed by atoms with Gasteiger partial charge in [0.05, 0.1) is 5.69 Å². The van der Waals surface area contributed by atoms with Crippen molar-refractivity contribution in [3.63, 3.8) is 0 Å². The van der Waals surface area contributed by atoms with Gasteiger partial charge in [-0.1, -0.05) is 5.21 Å². The van der Waals surface area contributed by atoms with E-state index in [-0.39, 0.29) is 18.5 Å². The number of amides is 1. The van der Waals surface area contributed by atoms with Gasteiger partial charge in [0.1, 0.15) is 6.54 Å². The number of rotatable bonds is 6. The number of aromatic nitrogens is 3. The first-order valence-electron chi connectivity index (χ1n) is 5.89. The fourth-order valence-corrected chi connectivity index (χ4v) is 1.35. The molecule has 0 spiro atoms. The van der Waals surface area contributed by atoms with Crippen molar-refractivity contribution in [2.75, 3.05) is 13.6 Å². The molecule has 17 heavy (non-hydrogen) atoms. The molecule has 0 atom stereocenters. The van der Waals surface area contributed by atoms with Gasteiger partial charge < -0.3 is 10.6 Å². The molecule has 0 saturated heterocycles. The van der Waals surface area contributed by atoms with E-state index < -0.39 is 0 Å². The number of hydrogen-bond donors (Lipinski definition) is 1. The Labute approximate surface area is 102 Å². The minimum atomic E-state index is 0.0373. The van der Waals surface area contributed by atoms with E-state index >= 15 is 0 Å². The molecule has 1 amide bonds. The van der Waals surface area contributed by atoms with Crippen LogP contribution in [0.3, 0.4) is 0 Å². The van der Waals surface area contributed by atoms with Crippen LogP contribution in [-0.4, -0.2) is 45.4 Å². The van der Waals surface area contributed by atoms with Crippen LogP contribution < -0.4 is 5.73 Å². The van der Waals surface area contributed by atoms with Crippen LogP contribution in [0.5, 0.6) is 0 Å². The molecule has 1 heterocycles. The Hall–Kier alpha value is -1.43. The van der Waals surface area contributed by atoms with Gasteiger partial charge >= 0.3 is 0 Å². The van der Waals surface area contributed by atoms with Crippen LogP contribution in [0.1, 0.15) is 26.0 Å². The quantitative estimate of drug-likeness (QED) is 0.760. The molecule has 0 aromatic carbocycles. The highest BCUT2D eigenvalue weighted by molar-refractivity contribution is 5.75. The molecule has 0 unspecified atom stereocenters. The zero-order valence-corrected chi connectivity index (χ0v) is 10.8. The van der Waals surface area contributed by atoms with E-state index in [0.717, 1.165) is 18.5 Å². The number of nitrogens with two attached hydrogens (primary N) is 1. The van der Waals surface area contributed by atoms with Crippen molar-refractivity contribution in [2.24, 2.45) is 5.73 Å². The lowest BCUT2D eigenvalue weighted by Crippen LogP contribution is -2.35.